The molecule has 37 heavy (non-hydrogen) atoms. The van der Waals surface area contributed by atoms with E-state index in [9.17, 15) is 23.1 Å². The van der Waals surface area contributed by atoms with Gasteiger partial charge in [0.1, 0.15) is 17.2 Å². The largest absolute Gasteiger partial charge is 0.481 e. The highest BCUT2D eigenvalue weighted by Crippen LogP contribution is 2.57. The minimum absolute atomic E-state index is 0.0831. The first-order chi connectivity index (χ1) is 17.8. The Kier molecular flexibility index (Phi) is 5.89. The maximum absolute atomic E-state index is 14.0. The van der Waals surface area contributed by atoms with E-state index in [1.807, 2.05) is 6.07 Å². The smallest absolute Gasteiger partial charge is 0.309 e. The maximum Gasteiger partial charge on any atom is 0.309 e. The predicted octanol–water partition coefficient (Wildman–Crippen LogP) is 5.45. The van der Waals surface area contributed by atoms with Gasteiger partial charge < -0.3 is 19.7 Å². The molecule has 10 heteroatoms. The Morgan fingerprint density at radius 3 is 2.41 bits per heavy atom. The summed E-state index contributed by atoms with van der Waals surface area (Å²) < 4.78 is 47.4. The van der Waals surface area contributed by atoms with Gasteiger partial charge in [0.05, 0.1) is 23.6 Å². The molecule has 2 N–H and O–H groups in total. The van der Waals surface area contributed by atoms with Crippen molar-refractivity contribution >= 4 is 22.8 Å². The summed E-state index contributed by atoms with van der Waals surface area (Å²) >= 11 is 0. The Bertz CT molecular complexity index is 1310. The number of halogens is 3. The number of pyridine rings is 1. The molecule has 7 nitrogen and oxygen atoms in total. The fourth-order valence-corrected chi connectivity index (χ4v) is 6.25. The van der Waals surface area contributed by atoms with E-state index in [1.165, 1.54) is 0 Å². The highest BCUT2D eigenvalue weighted by atomic mass is 19.2. The van der Waals surface area contributed by atoms with Crippen molar-refractivity contribution in [2.75, 3.05) is 24.6 Å². The first-order valence-electron chi connectivity index (χ1n) is 12.9. The predicted molar refractivity (Wildman–Crippen MR) is 131 cm³/mol. The quantitative estimate of drug-likeness (QED) is 0.425. The van der Waals surface area contributed by atoms with Crippen LogP contribution in [0.5, 0.6) is 0 Å². The molecule has 3 aromatic rings. The number of nitrogens with zero attached hydrogens (tertiary/aromatic N) is 3. The van der Waals surface area contributed by atoms with Gasteiger partial charge in [-0.05, 0) is 68.9 Å². The Balaban J connectivity index is 1.04. The number of anilines is 1. The van der Waals surface area contributed by atoms with E-state index in [2.05, 4.69) is 19.9 Å². The number of aromatic nitrogens is 3. The molecule has 1 aromatic carbocycles. The van der Waals surface area contributed by atoms with Crippen LogP contribution in [0.25, 0.3) is 22.4 Å². The second kappa shape index (κ2) is 9.01. The number of hydrogen-bond donors (Lipinski definition) is 2. The van der Waals surface area contributed by atoms with Crippen LogP contribution in [0.3, 0.4) is 0 Å². The van der Waals surface area contributed by atoms with Crippen LogP contribution in [0.15, 0.2) is 24.4 Å². The summed E-state index contributed by atoms with van der Waals surface area (Å²) in [6, 6.07) is 4.55. The highest BCUT2D eigenvalue weighted by Gasteiger charge is 2.52. The van der Waals surface area contributed by atoms with Gasteiger partial charge >= 0.3 is 5.97 Å². The van der Waals surface area contributed by atoms with Crippen LogP contribution in [0.4, 0.5) is 19.0 Å². The molecule has 4 aliphatic rings. The molecular formula is C27H29F3N4O3. The third-order valence-electron chi connectivity index (χ3n) is 8.88. The third kappa shape index (κ3) is 4.24. The molecule has 1 saturated heterocycles. The average Bonchev–Trinajstić information content (AvgIpc) is 3.36. The summed E-state index contributed by atoms with van der Waals surface area (Å²) in [7, 11) is 0. The maximum atomic E-state index is 14.0. The number of piperidine rings is 1. The number of carboxylic acids is 1. The van der Waals surface area contributed by atoms with E-state index in [4.69, 9.17) is 4.74 Å². The number of H-pyrrole nitrogens is 1. The number of carboxylic acid groups (broad SMARTS) is 1. The molecule has 4 fully saturated rings. The van der Waals surface area contributed by atoms with Crippen LogP contribution < -0.4 is 4.90 Å². The normalized spacial score (nSPS) is 26.2. The van der Waals surface area contributed by atoms with E-state index < -0.39 is 28.8 Å². The zero-order valence-corrected chi connectivity index (χ0v) is 20.4. The van der Waals surface area contributed by atoms with Gasteiger partial charge in [-0.1, -0.05) is 0 Å². The summed E-state index contributed by atoms with van der Waals surface area (Å²) in [5.74, 6) is -3.65. The van der Waals surface area contributed by atoms with E-state index in [1.54, 1.807) is 12.3 Å². The minimum Gasteiger partial charge on any atom is -0.481 e. The number of rotatable bonds is 6. The van der Waals surface area contributed by atoms with E-state index >= 15 is 0 Å². The molecule has 0 unspecified atom stereocenters. The van der Waals surface area contributed by atoms with Gasteiger partial charge in [-0.15, -0.1) is 0 Å². The first kappa shape index (κ1) is 24.2. The van der Waals surface area contributed by atoms with Gasteiger partial charge in [-0.2, -0.15) is 0 Å². The summed E-state index contributed by atoms with van der Waals surface area (Å²) in [4.78, 5) is 25.3. The molecule has 3 heterocycles. The monoisotopic (exact) mass is 514 g/mol. The van der Waals surface area contributed by atoms with Gasteiger partial charge in [-0.3, -0.25) is 4.79 Å². The number of carbonyl (C=O) groups is 1. The van der Waals surface area contributed by atoms with Gasteiger partial charge in [0.15, 0.2) is 17.5 Å². The van der Waals surface area contributed by atoms with E-state index in [-0.39, 0.29) is 28.4 Å². The van der Waals surface area contributed by atoms with Crippen LogP contribution >= 0.6 is 0 Å². The molecule has 7 rings (SSSR count). The lowest BCUT2D eigenvalue weighted by molar-refractivity contribution is -0.162. The molecule has 0 atom stereocenters. The number of imidazole rings is 1. The second-order valence-corrected chi connectivity index (χ2v) is 11.0. The summed E-state index contributed by atoms with van der Waals surface area (Å²) in [6.07, 6.45) is 8.69. The van der Waals surface area contributed by atoms with Crippen LogP contribution in [0, 0.1) is 28.3 Å². The van der Waals surface area contributed by atoms with Crippen LogP contribution in [-0.2, 0) is 9.53 Å². The van der Waals surface area contributed by atoms with Crippen molar-refractivity contribution in [3.63, 3.8) is 0 Å². The SMILES string of the molecule is O=C(O)C12CCC(COC3CCN(c4ccc(-c5nc6c(F)c(F)c(F)cc6[nH]5)cn4)CC3)(CC1)CC2. The lowest BCUT2D eigenvalue weighted by Gasteiger charge is -2.51. The van der Waals surface area contributed by atoms with Crippen LogP contribution in [0.2, 0.25) is 0 Å². The average molecular weight is 515 g/mol. The molecule has 196 valence electrons. The van der Waals surface area contributed by atoms with Crippen molar-refractivity contribution in [1.29, 1.82) is 0 Å². The molecule has 0 radical (unpaired) electrons. The van der Waals surface area contributed by atoms with Crippen LogP contribution in [0.1, 0.15) is 51.4 Å². The van der Waals surface area contributed by atoms with E-state index in [0.29, 0.717) is 12.2 Å². The summed E-state index contributed by atoms with van der Waals surface area (Å²) in [5, 5.41) is 9.60. The Labute approximate surface area is 212 Å². The fraction of sp³-hybridized carbons (Fsp3) is 0.519. The van der Waals surface area contributed by atoms with Crippen molar-refractivity contribution < 1.29 is 27.8 Å². The van der Waals surface area contributed by atoms with Crippen LogP contribution in [-0.4, -0.2) is 51.8 Å². The number of benzene rings is 1. The minimum atomic E-state index is -1.54. The number of hydrogen-bond acceptors (Lipinski definition) is 5. The lowest BCUT2D eigenvalue weighted by Crippen LogP contribution is -2.48. The Morgan fingerprint density at radius 2 is 1.78 bits per heavy atom. The van der Waals surface area contributed by atoms with Crippen molar-refractivity contribution in [2.24, 2.45) is 10.8 Å². The molecule has 0 spiro atoms. The standard InChI is InChI=1S/C27H29F3N4O3/c28-18-13-19-23(22(30)21(18)29)33-24(32-19)16-1-2-20(31-14-16)34-11-3-17(4-12-34)37-15-26-5-8-27(9-6-26,10-7-26)25(35)36/h1-2,13-14,17H,3-12,15H2,(H,32,33)(H,35,36). The van der Waals surface area contributed by atoms with Crippen molar-refractivity contribution in [3.8, 4) is 11.4 Å². The Hall–Kier alpha value is -3.14. The third-order valence-corrected chi connectivity index (χ3v) is 8.88. The zero-order chi connectivity index (χ0) is 25.8. The number of fused-ring (bicyclic) bond motifs is 4. The highest BCUT2D eigenvalue weighted by molar-refractivity contribution is 5.80. The second-order valence-electron chi connectivity index (χ2n) is 11.0. The number of aromatic amines is 1. The molecule has 2 aromatic heterocycles. The van der Waals surface area contributed by atoms with E-state index in [0.717, 1.165) is 76.3 Å². The van der Waals surface area contributed by atoms with Gasteiger partial charge in [0.25, 0.3) is 0 Å². The molecule has 2 bridgehead atoms. The fourth-order valence-electron chi connectivity index (χ4n) is 6.25. The molecule has 0 amide bonds. The molecule has 1 aliphatic heterocycles. The lowest BCUT2D eigenvalue weighted by atomic mass is 9.54. The summed E-state index contributed by atoms with van der Waals surface area (Å²) in [6.45, 7) is 2.33. The van der Waals surface area contributed by atoms with Gasteiger partial charge in [-0.25, -0.2) is 23.1 Å². The van der Waals surface area contributed by atoms with Gasteiger partial charge in [0, 0.05) is 30.9 Å². The van der Waals surface area contributed by atoms with Crippen molar-refractivity contribution in [1.82, 2.24) is 15.0 Å². The number of ether oxygens (including phenoxy) is 1. The Morgan fingerprint density at radius 1 is 1.08 bits per heavy atom. The summed E-state index contributed by atoms with van der Waals surface area (Å²) in [5.41, 5.74) is 0.0704. The topological polar surface area (TPSA) is 91.3 Å². The van der Waals surface area contributed by atoms with Crippen molar-refractivity contribution in [2.45, 2.75) is 57.5 Å². The number of nitrogens with one attached hydrogen (secondary N) is 1. The first-order valence-corrected chi connectivity index (χ1v) is 12.9. The van der Waals surface area contributed by atoms with Gasteiger partial charge in [0.2, 0.25) is 0 Å². The zero-order valence-electron chi connectivity index (χ0n) is 20.4. The molecular weight excluding hydrogens is 485 g/mol. The van der Waals surface area contributed by atoms with Crippen molar-refractivity contribution in [3.05, 3.63) is 41.8 Å². The number of aliphatic carboxylic acids is 1. The molecule has 3 saturated carbocycles. The molecule has 3 aliphatic carbocycles.